The number of rotatable bonds is 4. The predicted molar refractivity (Wildman–Crippen MR) is 111 cm³/mol. The van der Waals surface area contributed by atoms with Crippen LogP contribution in [0.15, 0.2) is 36.4 Å². The van der Waals surface area contributed by atoms with Crippen LogP contribution in [-0.2, 0) is 24.2 Å². The van der Waals surface area contributed by atoms with E-state index in [1.165, 1.54) is 16.9 Å². The Balaban J connectivity index is 1.43. The third kappa shape index (κ3) is 4.06. The lowest BCUT2D eigenvalue weighted by molar-refractivity contribution is -0.124. The van der Waals surface area contributed by atoms with Crippen molar-refractivity contribution < 1.29 is 9.59 Å². The van der Waals surface area contributed by atoms with E-state index in [1.807, 2.05) is 30.3 Å². The summed E-state index contributed by atoms with van der Waals surface area (Å²) in [6.07, 6.45) is 3.34. The van der Waals surface area contributed by atoms with Crippen LogP contribution < -0.4 is 5.32 Å². The van der Waals surface area contributed by atoms with Gasteiger partial charge in [-0.2, -0.15) is 0 Å². The van der Waals surface area contributed by atoms with Gasteiger partial charge in [-0.3, -0.25) is 9.59 Å². The van der Waals surface area contributed by atoms with Crippen molar-refractivity contribution >= 4 is 34.9 Å². The Labute approximate surface area is 168 Å². The van der Waals surface area contributed by atoms with Crippen LogP contribution in [0.5, 0.6) is 0 Å². The van der Waals surface area contributed by atoms with E-state index in [9.17, 15) is 9.59 Å². The zero-order chi connectivity index (χ0) is 18.8. The highest BCUT2D eigenvalue weighted by atomic mass is 32.2. The number of thiophene rings is 1. The van der Waals surface area contributed by atoms with E-state index in [1.54, 1.807) is 28.0 Å². The van der Waals surface area contributed by atoms with Gasteiger partial charge in [-0.25, -0.2) is 0 Å². The van der Waals surface area contributed by atoms with E-state index in [2.05, 4.69) is 18.3 Å². The summed E-state index contributed by atoms with van der Waals surface area (Å²) >= 11 is 3.27. The monoisotopic (exact) mass is 400 g/mol. The van der Waals surface area contributed by atoms with E-state index in [-0.39, 0.29) is 17.9 Å². The van der Waals surface area contributed by atoms with E-state index in [0.717, 1.165) is 23.3 Å². The minimum Gasteiger partial charge on any atom is -0.350 e. The van der Waals surface area contributed by atoms with Crippen molar-refractivity contribution in [3.05, 3.63) is 57.3 Å². The minimum atomic E-state index is -0.385. The highest BCUT2D eigenvalue weighted by Crippen LogP contribution is 2.34. The normalized spacial score (nSPS) is 21.7. The smallest absolute Gasteiger partial charge is 0.265 e. The molecule has 0 bridgehead atoms. The fraction of sp³-hybridized carbons (Fsp3) is 0.429. The number of benzene rings is 1. The van der Waals surface area contributed by atoms with E-state index < -0.39 is 0 Å². The maximum Gasteiger partial charge on any atom is 0.265 e. The lowest BCUT2D eigenvalue weighted by Crippen LogP contribution is -2.46. The van der Waals surface area contributed by atoms with Crippen LogP contribution >= 0.6 is 23.1 Å². The molecule has 0 saturated carbocycles. The van der Waals surface area contributed by atoms with Gasteiger partial charge in [0, 0.05) is 17.2 Å². The van der Waals surface area contributed by atoms with Crippen LogP contribution in [-0.4, -0.2) is 34.4 Å². The lowest BCUT2D eigenvalue weighted by atomic mass is 9.90. The van der Waals surface area contributed by atoms with Crippen LogP contribution in [0.1, 0.15) is 39.0 Å². The van der Waals surface area contributed by atoms with Gasteiger partial charge in [-0.05, 0) is 42.4 Å². The van der Waals surface area contributed by atoms with Crippen molar-refractivity contribution in [3.63, 3.8) is 0 Å². The molecule has 1 aliphatic heterocycles. The van der Waals surface area contributed by atoms with Crippen molar-refractivity contribution in [1.82, 2.24) is 10.2 Å². The van der Waals surface area contributed by atoms with Gasteiger partial charge in [0.2, 0.25) is 5.91 Å². The number of carbonyl (C=O) groups excluding carboxylic acids is 2. The topological polar surface area (TPSA) is 49.4 Å². The van der Waals surface area contributed by atoms with Crippen LogP contribution in [0.25, 0.3) is 0 Å². The summed E-state index contributed by atoms with van der Waals surface area (Å²) in [5, 5.41) is 2.99. The molecule has 142 valence electrons. The van der Waals surface area contributed by atoms with Crippen molar-refractivity contribution in [1.29, 1.82) is 0 Å². The summed E-state index contributed by atoms with van der Waals surface area (Å²) in [6, 6.07) is 11.5. The summed E-state index contributed by atoms with van der Waals surface area (Å²) in [6.45, 7) is 2.76. The zero-order valence-electron chi connectivity index (χ0n) is 15.4. The molecule has 2 heterocycles. The number of amides is 2. The fourth-order valence-electron chi connectivity index (χ4n) is 3.72. The predicted octanol–water partition coefficient (Wildman–Crippen LogP) is 3.70. The molecule has 27 heavy (non-hydrogen) atoms. The van der Waals surface area contributed by atoms with E-state index >= 15 is 0 Å². The van der Waals surface area contributed by atoms with Crippen LogP contribution in [0.4, 0.5) is 0 Å². The molecule has 0 spiro atoms. The Morgan fingerprint density at radius 2 is 2.07 bits per heavy atom. The average Bonchev–Trinajstić information content (AvgIpc) is 3.33. The Morgan fingerprint density at radius 1 is 1.26 bits per heavy atom. The highest BCUT2D eigenvalue weighted by molar-refractivity contribution is 7.99. The molecule has 4 rings (SSSR count). The summed E-state index contributed by atoms with van der Waals surface area (Å²) in [5.41, 5.74) is 2.40. The lowest BCUT2D eigenvalue weighted by Gasteiger charge is -2.22. The van der Waals surface area contributed by atoms with Crippen LogP contribution in [0.2, 0.25) is 0 Å². The number of hydrogen-bond donors (Lipinski definition) is 1. The molecule has 4 nitrogen and oxygen atoms in total. The van der Waals surface area contributed by atoms with Crippen molar-refractivity contribution in [3.8, 4) is 0 Å². The molecule has 2 aromatic rings. The second kappa shape index (κ2) is 8.07. The van der Waals surface area contributed by atoms with E-state index in [4.69, 9.17) is 0 Å². The van der Waals surface area contributed by atoms with Gasteiger partial charge in [0.15, 0.2) is 0 Å². The number of thioether (sulfide) groups is 1. The number of carbonyl (C=O) groups is 2. The molecule has 2 atom stereocenters. The maximum absolute atomic E-state index is 13.1. The van der Waals surface area contributed by atoms with Gasteiger partial charge in [0.05, 0.1) is 10.8 Å². The molecular weight excluding hydrogens is 376 g/mol. The van der Waals surface area contributed by atoms with Crippen molar-refractivity contribution in [2.24, 2.45) is 5.92 Å². The Hall–Kier alpha value is -1.79. The molecule has 0 unspecified atom stereocenters. The van der Waals surface area contributed by atoms with Gasteiger partial charge in [-0.15, -0.1) is 23.1 Å². The first-order chi connectivity index (χ1) is 13.1. The number of nitrogens with one attached hydrogen (secondary N) is 1. The second-order valence-corrected chi connectivity index (χ2v) is 9.54. The molecule has 1 fully saturated rings. The summed E-state index contributed by atoms with van der Waals surface area (Å²) in [7, 11) is 0. The molecule has 1 N–H and O–H groups in total. The number of aryl methyl sites for hydroxylation is 1. The van der Waals surface area contributed by atoms with Crippen molar-refractivity contribution in [2.75, 3.05) is 11.6 Å². The first-order valence-corrected chi connectivity index (χ1v) is 11.4. The molecule has 1 saturated heterocycles. The van der Waals surface area contributed by atoms with Gasteiger partial charge >= 0.3 is 0 Å². The summed E-state index contributed by atoms with van der Waals surface area (Å²) in [4.78, 5) is 29.7. The molecular formula is C21H24N2O2S2. The Morgan fingerprint density at radius 3 is 2.89 bits per heavy atom. The molecule has 6 heteroatoms. The quantitative estimate of drug-likeness (QED) is 0.851. The zero-order valence-corrected chi connectivity index (χ0v) is 17.1. The number of hydrogen-bond acceptors (Lipinski definition) is 4. The molecule has 1 aromatic carbocycles. The SMILES string of the molecule is C[C@H]1CCc2sc(C(=O)N3CSC[C@H]3C(=O)NCc3ccccc3)cc2C1. The van der Waals surface area contributed by atoms with Crippen molar-refractivity contribution in [2.45, 2.75) is 38.8 Å². The highest BCUT2D eigenvalue weighted by Gasteiger charge is 2.36. The standard InChI is InChI=1S/C21H24N2O2S2/c1-14-7-8-18-16(9-14)10-19(27-18)21(25)23-13-26-12-17(23)20(24)22-11-15-5-3-2-4-6-15/h2-6,10,14,17H,7-9,11-13H2,1H3,(H,22,24)/t14-,17-/m0/s1. The number of nitrogens with zero attached hydrogens (tertiary/aromatic N) is 1. The van der Waals surface area contributed by atoms with E-state index in [0.29, 0.717) is 24.1 Å². The second-order valence-electron chi connectivity index (χ2n) is 7.40. The molecule has 2 aliphatic rings. The summed E-state index contributed by atoms with van der Waals surface area (Å²) in [5.74, 6) is 1.88. The maximum atomic E-state index is 13.1. The average molecular weight is 401 g/mol. The largest absolute Gasteiger partial charge is 0.350 e. The fourth-order valence-corrected chi connectivity index (χ4v) is 6.03. The van der Waals surface area contributed by atoms with Gasteiger partial charge in [0.25, 0.3) is 5.91 Å². The third-order valence-corrected chi connectivity index (χ3v) is 7.53. The Kier molecular flexibility index (Phi) is 5.55. The van der Waals surface area contributed by atoms with Gasteiger partial charge in [-0.1, -0.05) is 37.3 Å². The molecule has 2 amide bonds. The third-order valence-electron chi connectivity index (χ3n) is 5.30. The molecule has 1 aliphatic carbocycles. The molecule has 0 radical (unpaired) electrons. The first kappa shape index (κ1) is 18.6. The summed E-state index contributed by atoms with van der Waals surface area (Å²) < 4.78 is 0. The molecule has 1 aromatic heterocycles. The van der Waals surface area contributed by atoms with Gasteiger partial charge < -0.3 is 10.2 Å². The minimum absolute atomic E-state index is 0.00640. The van der Waals surface area contributed by atoms with Gasteiger partial charge in [0.1, 0.15) is 6.04 Å². The van der Waals surface area contributed by atoms with Crippen LogP contribution in [0, 0.1) is 5.92 Å². The van der Waals surface area contributed by atoms with Crippen LogP contribution in [0.3, 0.4) is 0 Å². The number of fused-ring (bicyclic) bond motifs is 1. The Bertz CT molecular complexity index is 834. The first-order valence-electron chi connectivity index (χ1n) is 9.43.